The first-order valence-corrected chi connectivity index (χ1v) is 10.7. The maximum atomic E-state index is 12.5. The lowest BCUT2D eigenvalue weighted by Gasteiger charge is -2.37. The average Bonchev–Trinajstić information content (AvgIpc) is 2.72. The summed E-state index contributed by atoms with van der Waals surface area (Å²) in [7, 11) is 0. The van der Waals surface area contributed by atoms with Crippen molar-refractivity contribution in [2.24, 2.45) is 17.3 Å². The molecule has 2 fully saturated rings. The molecule has 1 N–H and O–H groups in total. The molecular weight excluding hydrogens is 350 g/mol. The topological polar surface area (TPSA) is 52.7 Å². The van der Waals surface area contributed by atoms with Crippen LogP contribution in [0, 0.1) is 17.3 Å². The Hall–Kier alpha value is -2.04. The number of carbonyl (C=O) groups excluding carboxylic acids is 2. The maximum absolute atomic E-state index is 12.5. The van der Waals surface area contributed by atoms with Gasteiger partial charge < -0.3 is 15.1 Å². The van der Waals surface area contributed by atoms with Crippen molar-refractivity contribution >= 4 is 17.5 Å². The van der Waals surface area contributed by atoms with Crippen LogP contribution in [0.2, 0.25) is 0 Å². The molecule has 5 heteroatoms. The molecule has 1 heterocycles. The number of benzene rings is 1. The van der Waals surface area contributed by atoms with Gasteiger partial charge in [0.25, 0.3) is 0 Å². The van der Waals surface area contributed by atoms with Crippen molar-refractivity contribution in [3.05, 3.63) is 30.3 Å². The van der Waals surface area contributed by atoms with E-state index < -0.39 is 0 Å². The molecule has 2 amide bonds. The van der Waals surface area contributed by atoms with Crippen molar-refractivity contribution in [3.63, 3.8) is 0 Å². The minimum absolute atomic E-state index is 0.0319. The van der Waals surface area contributed by atoms with Crippen LogP contribution in [-0.2, 0) is 9.59 Å². The number of nitrogens with zero attached hydrogens (tertiary/aromatic N) is 2. The summed E-state index contributed by atoms with van der Waals surface area (Å²) < 4.78 is 0. The van der Waals surface area contributed by atoms with E-state index in [2.05, 4.69) is 43.1 Å². The normalized spacial score (nSPS) is 23.4. The van der Waals surface area contributed by atoms with Gasteiger partial charge in [0, 0.05) is 37.8 Å². The smallest absolute Gasteiger partial charge is 0.242 e. The third-order valence-electron chi connectivity index (χ3n) is 6.49. The molecule has 0 aromatic heterocycles. The maximum Gasteiger partial charge on any atom is 0.242 e. The van der Waals surface area contributed by atoms with Crippen molar-refractivity contribution in [2.75, 3.05) is 37.6 Å². The van der Waals surface area contributed by atoms with E-state index in [1.807, 2.05) is 23.1 Å². The average molecular weight is 386 g/mol. The molecule has 154 valence electrons. The Kier molecular flexibility index (Phi) is 6.63. The van der Waals surface area contributed by atoms with Gasteiger partial charge in [-0.2, -0.15) is 0 Å². The Balaban J connectivity index is 1.38. The fourth-order valence-corrected chi connectivity index (χ4v) is 4.49. The number of carbonyl (C=O) groups is 2. The molecule has 3 rings (SSSR count). The SMILES string of the molecule is CC(C)(C)C1CCC(C(=O)NCC(=O)N2CCN(c3ccccc3)CC2)CC1. The van der Waals surface area contributed by atoms with Crippen LogP contribution in [0.5, 0.6) is 0 Å². The zero-order valence-electron chi connectivity index (χ0n) is 17.6. The monoisotopic (exact) mass is 385 g/mol. The van der Waals surface area contributed by atoms with Crippen LogP contribution in [0.3, 0.4) is 0 Å². The molecule has 1 aliphatic heterocycles. The molecule has 2 aliphatic rings. The molecule has 0 radical (unpaired) electrons. The molecule has 0 spiro atoms. The molecule has 1 saturated carbocycles. The van der Waals surface area contributed by atoms with Gasteiger partial charge in [0.1, 0.15) is 0 Å². The van der Waals surface area contributed by atoms with E-state index in [1.165, 1.54) is 5.69 Å². The van der Waals surface area contributed by atoms with Crippen LogP contribution in [0.1, 0.15) is 46.5 Å². The summed E-state index contributed by atoms with van der Waals surface area (Å²) in [6.45, 7) is 10.1. The van der Waals surface area contributed by atoms with Gasteiger partial charge >= 0.3 is 0 Å². The fraction of sp³-hybridized carbons (Fsp3) is 0.652. The highest BCUT2D eigenvalue weighted by molar-refractivity contribution is 5.86. The van der Waals surface area contributed by atoms with Crippen molar-refractivity contribution in [1.29, 1.82) is 0 Å². The summed E-state index contributed by atoms with van der Waals surface area (Å²) in [5.41, 5.74) is 1.52. The van der Waals surface area contributed by atoms with Crippen molar-refractivity contribution in [3.8, 4) is 0 Å². The van der Waals surface area contributed by atoms with Gasteiger partial charge in [0.2, 0.25) is 11.8 Å². The van der Waals surface area contributed by atoms with Crippen LogP contribution < -0.4 is 10.2 Å². The fourth-order valence-electron chi connectivity index (χ4n) is 4.49. The van der Waals surface area contributed by atoms with E-state index in [4.69, 9.17) is 0 Å². The van der Waals surface area contributed by atoms with E-state index >= 15 is 0 Å². The molecular formula is C23H35N3O2. The standard InChI is InChI=1S/C23H35N3O2/c1-23(2,3)19-11-9-18(10-12-19)22(28)24-17-21(27)26-15-13-25(14-16-26)20-7-5-4-6-8-20/h4-8,18-19H,9-17H2,1-3H3,(H,24,28). The zero-order valence-corrected chi connectivity index (χ0v) is 17.6. The van der Waals surface area contributed by atoms with Crippen LogP contribution in [0.25, 0.3) is 0 Å². The minimum atomic E-state index is 0.0319. The first-order valence-electron chi connectivity index (χ1n) is 10.7. The van der Waals surface area contributed by atoms with Crippen molar-refractivity contribution in [1.82, 2.24) is 10.2 Å². The van der Waals surface area contributed by atoms with Gasteiger partial charge in [-0.3, -0.25) is 9.59 Å². The first-order chi connectivity index (χ1) is 13.3. The number of amides is 2. The molecule has 0 unspecified atom stereocenters. The van der Waals surface area contributed by atoms with Crippen LogP contribution in [0.4, 0.5) is 5.69 Å². The highest BCUT2D eigenvalue weighted by Gasteiger charge is 2.32. The second kappa shape index (κ2) is 8.97. The van der Waals surface area contributed by atoms with Crippen molar-refractivity contribution < 1.29 is 9.59 Å². The Morgan fingerprint density at radius 2 is 1.57 bits per heavy atom. The molecule has 28 heavy (non-hydrogen) atoms. The number of para-hydroxylation sites is 1. The summed E-state index contributed by atoms with van der Waals surface area (Å²) in [5.74, 6) is 0.855. The Morgan fingerprint density at radius 3 is 2.14 bits per heavy atom. The van der Waals surface area contributed by atoms with Gasteiger partial charge in [-0.15, -0.1) is 0 Å². The highest BCUT2D eigenvalue weighted by Crippen LogP contribution is 2.39. The lowest BCUT2D eigenvalue weighted by molar-refractivity contribution is -0.134. The quantitative estimate of drug-likeness (QED) is 0.865. The van der Waals surface area contributed by atoms with E-state index in [0.29, 0.717) is 24.4 Å². The molecule has 0 atom stereocenters. The number of rotatable bonds is 4. The third kappa shape index (κ3) is 5.27. The van der Waals surface area contributed by atoms with Gasteiger partial charge in [-0.1, -0.05) is 39.0 Å². The third-order valence-corrected chi connectivity index (χ3v) is 6.49. The Bertz CT molecular complexity index is 652. The van der Waals surface area contributed by atoms with Gasteiger partial charge in [0.15, 0.2) is 0 Å². The summed E-state index contributed by atoms with van der Waals surface area (Å²) in [6, 6.07) is 10.3. The van der Waals surface area contributed by atoms with E-state index in [9.17, 15) is 9.59 Å². The van der Waals surface area contributed by atoms with Crippen LogP contribution in [0.15, 0.2) is 30.3 Å². The predicted molar refractivity (Wildman–Crippen MR) is 113 cm³/mol. The van der Waals surface area contributed by atoms with Gasteiger partial charge in [-0.25, -0.2) is 0 Å². The first kappa shape index (κ1) is 20.7. The van der Waals surface area contributed by atoms with E-state index in [-0.39, 0.29) is 24.3 Å². The largest absolute Gasteiger partial charge is 0.368 e. The van der Waals surface area contributed by atoms with Crippen LogP contribution in [-0.4, -0.2) is 49.4 Å². The minimum Gasteiger partial charge on any atom is -0.368 e. The van der Waals surface area contributed by atoms with Gasteiger partial charge in [0.05, 0.1) is 6.54 Å². The molecule has 1 aromatic carbocycles. The Morgan fingerprint density at radius 1 is 0.964 bits per heavy atom. The molecule has 1 saturated heterocycles. The molecule has 0 bridgehead atoms. The summed E-state index contributed by atoms with van der Waals surface area (Å²) in [4.78, 5) is 29.2. The van der Waals surface area contributed by atoms with Crippen molar-refractivity contribution in [2.45, 2.75) is 46.5 Å². The number of nitrogens with one attached hydrogen (secondary N) is 1. The molecule has 1 aliphatic carbocycles. The highest BCUT2D eigenvalue weighted by atomic mass is 16.2. The molecule has 5 nitrogen and oxygen atoms in total. The van der Waals surface area contributed by atoms with E-state index in [0.717, 1.165) is 38.8 Å². The second-order valence-corrected chi connectivity index (χ2v) is 9.34. The Labute approximate surface area is 169 Å². The number of hydrogen-bond donors (Lipinski definition) is 1. The zero-order chi connectivity index (χ0) is 20.1. The lowest BCUT2D eigenvalue weighted by Crippen LogP contribution is -2.51. The lowest BCUT2D eigenvalue weighted by atomic mass is 9.69. The molecule has 1 aromatic rings. The predicted octanol–water partition coefficient (Wildman–Crippen LogP) is 3.30. The summed E-state index contributed by atoms with van der Waals surface area (Å²) in [6.07, 6.45) is 4.10. The van der Waals surface area contributed by atoms with Crippen LogP contribution >= 0.6 is 0 Å². The number of anilines is 1. The summed E-state index contributed by atoms with van der Waals surface area (Å²) >= 11 is 0. The van der Waals surface area contributed by atoms with Gasteiger partial charge in [-0.05, 0) is 49.1 Å². The number of piperazine rings is 1. The second-order valence-electron chi connectivity index (χ2n) is 9.34. The van der Waals surface area contributed by atoms with E-state index in [1.54, 1.807) is 0 Å². The number of hydrogen-bond acceptors (Lipinski definition) is 3. The summed E-state index contributed by atoms with van der Waals surface area (Å²) in [5, 5.41) is 2.90.